The maximum atomic E-state index is 9.39. The summed E-state index contributed by atoms with van der Waals surface area (Å²) < 4.78 is 22.2. The Balaban J connectivity index is -0.000000180. The van der Waals surface area contributed by atoms with Crippen molar-refractivity contribution in [3.05, 3.63) is 0 Å². The topological polar surface area (TPSA) is 83.8 Å². The molecule has 0 aliphatic carbocycles. The van der Waals surface area contributed by atoms with Crippen LogP contribution in [0.15, 0.2) is 0 Å². The van der Waals surface area contributed by atoms with Gasteiger partial charge < -0.3 is 0 Å². The maximum absolute atomic E-state index is 9.39. The zero-order valence-corrected chi connectivity index (χ0v) is 8.73. The molecule has 5 nitrogen and oxygen atoms in total. The average Bonchev–Trinajstić information content (AvgIpc) is 1.27. The molecule has 58 valence electrons. The Kier molecular flexibility index (Phi) is 18.8. The molecule has 0 bridgehead atoms. The molecule has 0 aromatic heterocycles. The van der Waals surface area contributed by atoms with Crippen molar-refractivity contribution < 1.29 is 79.7 Å². The van der Waals surface area contributed by atoms with Crippen molar-refractivity contribution in [1.82, 2.24) is 0 Å². The molecule has 0 amide bonds. The van der Waals surface area contributed by atoms with Crippen molar-refractivity contribution in [3.63, 3.8) is 0 Å². The van der Waals surface area contributed by atoms with E-state index in [2.05, 4.69) is 4.31 Å². The second-order valence-corrected chi connectivity index (χ2v) is 2.16. The molecule has 0 saturated heterocycles. The van der Waals surface area contributed by atoms with Crippen molar-refractivity contribution >= 4 is 16.5 Å². The van der Waals surface area contributed by atoms with Crippen LogP contribution in [0.3, 0.4) is 0 Å². The van der Waals surface area contributed by atoms with Crippen LogP contribution >= 0.6 is 16.5 Å². The average molecular weight is 360 g/mol. The molecular formula is H2GdNiO5P2+2. The van der Waals surface area contributed by atoms with E-state index in [0.29, 0.717) is 0 Å². The van der Waals surface area contributed by atoms with E-state index in [1.54, 1.807) is 0 Å². The first-order valence-electron chi connectivity index (χ1n) is 1.13. The Morgan fingerprint density at radius 2 is 1.33 bits per heavy atom. The standard InChI is InChI=1S/Gd.Ni.O5P2/c;;1-6(2)5-7(3)4/p+2. The van der Waals surface area contributed by atoms with E-state index in [-0.39, 0.29) is 56.4 Å². The third kappa shape index (κ3) is 17.7. The molecule has 0 aromatic rings. The minimum absolute atomic E-state index is 0. The van der Waals surface area contributed by atoms with Crippen LogP contribution in [0.25, 0.3) is 0 Å². The minimum atomic E-state index is -2.92. The zero-order chi connectivity index (χ0) is 5.86. The van der Waals surface area contributed by atoms with Gasteiger partial charge in [-0.25, -0.2) is 0 Å². The van der Waals surface area contributed by atoms with E-state index in [1.165, 1.54) is 0 Å². The van der Waals surface area contributed by atoms with Crippen LogP contribution in [0.4, 0.5) is 0 Å². The second-order valence-electron chi connectivity index (χ2n) is 0.557. The first-order chi connectivity index (χ1) is 3.13. The molecule has 0 saturated carbocycles. The molecule has 0 aromatic carbocycles. The summed E-state index contributed by atoms with van der Waals surface area (Å²) in [4.78, 5) is 15.3. The van der Waals surface area contributed by atoms with Crippen LogP contribution in [0.5, 0.6) is 0 Å². The van der Waals surface area contributed by atoms with Gasteiger partial charge in [0.25, 0.3) is 0 Å². The van der Waals surface area contributed by atoms with E-state index in [4.69, 9.17) is 9.79 Å². The van der Waals surface area contributed by atoms with E-state index in [1.807, 2.05) is 0 Å². The fourth-order valence-electron chi connectivity index (χ4n) is 0.0598. The SMILES string of the molecule is O=[P+](O)O[P+](=O)O.[Gd].[Ni]. The van der Waals surface area contributed by atoms with Gasteiger partial charge in [-0.05, 0) is 0 Å². The molecular weight excluding hydrogens is 358 g/mol. The van der Waals surface area contributed by atoms with Crippen molar-refractivity contribution in [2.45, 2.75) is 0 Å². The molecule has 0 radical (unpaired) electrons. The molecule has 2 atom stereocenters. The molecule has 2 unspecified atom stereocenters. The molecule has 0 aliphatic heterocycles. The van der Waals surface area contributed by atoms with Gasteiger partial charge in [-0.3, -0.25) is 0 Å². The van der Waals surface area contributed by atoms with Gasteiger partial charge in [-0.1, -0.05) is 0 Å². The van der Waals surface area contributed by atoms with E-state index in [0.717, 1.165) is 0 Å². The predicted octanol–water partition coefficient (Wildman–Crippen LogP) is 0.300. The number of hydrogen-bond acceptors (Lipinski definition) is 3. The van der Waals surface area contributed by atoms with Crippen molar-refractivity contribution in [2.75, 3.05) is 0 Å². The van der Waals surface area contributed by atoms with Gasteiger partial charge in [-0.15, -0.1) is 9.79 Å². The normalized spacial score (nSPS) is 10.4. The molecule has 0 fully saturated rings. The Hall–Kier alpha value is 1.90. The summed E-state index contributed by atoms with van der Waals surface area (Å²) in [5, 5.41) is 0. The molecule has 0 spiro atoms. The Labute approximate surface area is 95.1 Å². The Morgan fingerprint density at radius 3 is 1.33 bits per heavy atom. The summed E-state index contributed by atoms with van der Waals surface area (Å²) in [6.45, 7) is 0. The first-order valence-corrected chi connectivity index (χ1v) is 3.39. The smallest absolute Gasteiger partial charge is 0.131 e. The summed E-state index contributed by atoms with van der Waals surface area (Å²) in [6.07, 6.45) is 0. The molecule has 0 aliphatic rings. The molecule has 0 heterocycles. The molecule has 2 N–H and O–H groups in total. The number of rotatable bonds is 2. The summed E-state index contributed by atoms with van der Waals surface area (Å²) in [6, 6.07) is 0. The van der Waals surface area contributed by atoms with Crippen LogP contribution < -0.4 is 0 Å². The predicted molar refractivity (Wildman–Crippen MR) is 20.7 cm³/mol. The monoisotopic (exact) mass is 360 g/mol. The van der Waals surface area contributed by atoms with Gasteiger partial charge in [0.15, 0.2) is 4.31 Å². The fourth-order valence-corrected chi connectivity index (χ4v) is 0.538. The van der Waals surface area contributed by atoms with Gasteiger partial charge >= 0.3 is 16.5 Å². The van der Waals surface area contributed by atoms with Crippen molar-refractivity contribution in [2.24, 2.45) is 0 Å². The van der Waals surface area contributed by atoms with E-state index < -0.39 is 16.5 Å². The third-order valence-corrected chi connectivity index (χ3v) is 1.26. The van der Waals surface area contributed by atoms with Gasteiger partial charge in [0.2, 0.25) is 0 Å². The second kappa shape index (κ2) is 9.90. The maximum Gasteiger partial charge on any atom is 0.745 e. The zero-order valence-electron chi connectivity index (χ0n) is 3.68. The quantitative estimate of drug-likeness (QED) is 0.547. The van der Waals surface area contributed by atoms with Crippen LogP contribution in [0, 0.1) is 39.9 Å². The summed E-state index contributed by atoms with van der Waals surface area (Å²) >= 11 is 0. The van der Waals surface area contributed by atoms with E-state index >= 15 is 0 Å². The fraction of sp³-hybridized carbons (Fsp3) is 0. The van der Waals surface area contributed by atoms with Crippen LogP contribution in [-0.4, -0.2) is 9.79 Å². The van der Waals surface area contributed by atoms with Gasteiger partial charge in [0, 0.05) is 65.6 Å². The Bertz CT molecular complexity index is 91.1. The largest absolute Gasteiger partial charge is 0.745 e. The van der Waals surface area contributed by atoms with Gasteiger partial charge in [0.1, 0.15) is 0 Å². The molecule has 0 rings (SSSR count). The minimum Gasteiger partial charge on any atom is -0.131 e. The first kappa shape index (κ1) is 17.1. The van der Waals surface area contributed by atoms with Crippen LogP contribution in [0.1, 0.15) is 0 Å². The van der Waals surface area contributed by atoms with Crippen molar-refractivity contribution in [3.8, 4) is 0 Å². The van der Waals surface area contributed by atoms with Crippen molar-refractivity contribution in [1.29, 1.82) is 0 Å². The molecule has 9 heavy (non-hydrogen) atoms. The summed E-state index contributed by atoms with van der Waals surface area (Å²) in [5.41, 5.74) is 0. The van der Waals surface area contributed by atoms with Gasteiger partial charge in [0.05, 0.1) is 0 Å². The molecule has 9 heteroatoms. The Morgan fingerprint density at radius 1 is 1.11 bits per heavy atom. The van der Waals surface area contributed by atoms with Crippen LogP contribution in [0.2, 0.25) is 0 Å². The summed E-state index contributed by atoms with van der Waals surface area (Å²) in [7, 11) is -5.85. The summed E-state index contributed by atoms with van der Waals surface area (Å²) in [5.74, 6) is 0. The number of hydrogen-bond donors (Lipinski definition) is 2. The van der Waals surface area contributed by atoms with Crippen LogP contribution in [-0.2, 0) is 29.9 Å². The van der Waals surface area contributed by atoms with E-state index in [9.17, 15) is 9.13 Å². The third-order valence-electron chi connectivity index (χ3n) is 0.140. The van der Waals surface area contributed by atoms with Gasteiger partial charge in [-0.2, -0.15) is 0 Å².